The first kappa shape index (κ1) is 15.5. The number of ether oxygens (including phenoxy) is 1. The molecule has 0 aliphatic heterocycles. The third-order valence-corrected chi connectivity index (χ3v) is 3.08. The highest BCUT2D eigenvalue weighted by atomic mass is 16.5. The molecule has 0 aromatic heterocycles. The summed E-state index contributed by atoms with van der Waals surface area (Å²) in [6, 6.07) is 5.69. The Morgan fingerprint density at radius 1 is 1.37 bits per heavy atom. The molecule has 19 heavy (non-hydrogen) atoms. The van der Waals surface area contributed by atoms with E-state index in [-0.39, 0.29) is 24.3 Å². The fraction of sp³-hybridized carbons (Fsp3) is 0.533. The third-order valence-electron chi connectivity index (χ3n) is 3.08. The van der Waals surface area contributed by atoms with Gasteiger partial charge in [0.1, 0.15) is 5.75 Å². The first-order valence-electron chi connectivity index (χ1n) is 6.37. The van der Waals surface area contributed by atoms with Crippen LogP contribution in [0.15, 0.2) is 18.2 Å². The molecule has 106 valence electrons. The quantitative estimate of drug-likeness (QED) is 0.909. The van der Waals surface area contributed by atoms with Gasteiger partial charge < -0.3 is 14.7 Å². The number of carbonyl (C=O) groups excluding carboxylic acids is 1. The van der Waals surface area contributed by atoms with E-state index in [0.29, 0.717) is 0 Å². The summed E-state index contributed by atoms with van der Waals surface area (Å²) in [5.74, 6) is 0.715. The van der Waals surface area contributed by atoms with E-state index < -0.39 is 0 Å². The number of nitrogens with zero attached hydrogens (tertiary/aromatic N) is 1. The molecule has 0 aliphatic rings. The molecule has 1 rings (SSSR count). The highest BCUT2D eigenvalue weighted by molar-refractivity contribution is 5.93. The second-order valence-electron chi connectivity index (χ2n) is 5.56. The van der Waals surface area contributed by atoms with E-state index in [2.05, 4.69) is 20.8 Å². The van der Waals surface area contributed by atoms with E-state index in [9.17, 15) is 4.79 Å². The third kappa shape index (κ3) is 3.70. The number of rotatable bonds is 4. The lowest BCUT2D eigenvalue weighted by Crippen LogP contribution is -2.27. The fourth-order valence-corrected chi connectivity index (χ4v) is 1.90. The molecule has 1 aromatic carbocycles. The lowest BCUT2D eigenvalue weighted by molar-refractivity contribution is -0.118. The normalized spacial score (nSPS) is 11.3. The molecule has 1 amide bonds. The van der Waals surface area contributed by atoms with Gasteiger partial charge in [-0.05, 0) is 23.6 Å². The molecule has 0 spiro atoms. The SMILES string of the molecule is COc1ccc(N(C)C(=O)CCO)cc1C(C)(C)C. The van der Waals surface area contributed by atoms with Crippen LogP contribution in [0.3, 0.4) is 0 Å². The maximum Gasteiger partial charge on any atom is 0.229 e. The number of hydrogen-bond acceptors (Lipinski definition) is 3. The van der Waals surface area contributed by atoms with Crippen molar-refractivity contribution in [3.8, 4) is 5.75 Å². The van der Waals surface area contributed by atoms with Gasteiger partial charge in [0.2, 0.25) is 5.91 Å². The van der Waals surface area contributed by atoms with Crippen molar-refractivity contribution in [1.82, 2.24) is 0 Å². The van der Waals surface area contributed by atoms with Gasteiger partial charge in [-0.2, -0.15) is 0 Å². The van der Waals surface area contributed by atoms with Crippen LogP contribution < -0.4 is 9.64 Å². The summed E-state index contributed by atoms with van der Waals surface area (Å²) in [6.45, 7) is 6.17. The fourth-order valence-electron chi connectivity index (χ4n) is 1.90. The van der Waals surface area contributed by atoms with Crippen molar-refractivity contribution in [1.29, 1.82) is 0 Å². The lowest BCUT2D eigenvalue weighted by Gasteiger charge is -2.25. The van der Waals surface area contributed by atoms with Gasteiger partial charge in [-0.1, -0.05) is 20.8 Å². The van der Waals surface area contributed by atoms with Gasteiger partial charge in [-0.25, -0.2) is 0 Å². The van der Waals surface area contributed by atoms with Crippen molar-refractivity contribution in [2.45, 2.75) is 32.6 Å². The van der Waals surface area contributed by atoms with E-state index in [1.54, 1.807) is 19.1 Å². The van der Waals surface area contributed by atoms with Crippen LogP contribution in [0, 0.1) is 0 Å². The summed E-state index contributed by atoms with van der Waals surface area (Å²) in [4.78, 5) is 13.4. The van der Waals surface area contributed by atoms with E-state index in [1.165, 1.54) is 0 Å². The number of aliphatic hydroxyl groups is 1. The van der Waals surface area contributed by atoms with Gasteiger partial charge in [-0.3, -0.25) is 4.79 Å². The summed E-state index contributed by atoms with van der Waals surface area (Å²) in [7, 11) is 3.36. The van der Waals surface area contributed by atoms with Gasteiger partial charge in [-0.15, -0.1) is 0 Å². The number of hydrogen-bond donors (Lipinski definition) is 1. The van der Waals surface area contributed by atoms with Crippen LogP contribution in [0.1, 0.15) is 32.8 Å². The monoisotopic (exact) mass is 265 g/mol. The largest absolute Gasteiger partial charge is 0.496 e. The molecule has 4 nitrogen and oxygen atoms in total. The van der Waals surface area contributed by atoms with Crippen molar-refractivity contribution < 1.29 is 14.6 Å². The lowest BCUT2D eigenvalue weighted by atomic mass is 9.86. The van der Waals surface area contributed by atoms with Crippen LogP contribution in [0.5, 0.6) is 5.75 Å². The average Bonchev–Trinajstić information content (AvgIpc) is 2.36. The second-order valence-corrected chi connectivity index (χ2v) is 5.56. The van der Waals surface area contributed by atoms with Gasteiger partial charge in [0.25, 0.3) is 0 Å². The van der Waals surface area contributed by atoms with Crippen molar-refractivity contribution in [3.05, 3.63) is 23.8 Å². The van der Waals surface area contributed by atoms with Crippen LogP contribution in [-0.2, 0) is 10.2 Å². The smallest absolute Gasteiger partial charge is 0.229 e. The molecule has 1 N–H and O–H groups in total. The number of benzene rings is 1. The Hall–Kier alpha value is -1.55. The first-order chi connectivity index (χ1) is 8.81. The zero-order valence-electron chi connectivity index (χ0n) is 12.4. The van der Waals surface area contributed by atoms with Crippen LogP contribution in [0.25, 0.3) is 0 Å². The molecule has 0 atom stereocenters. The average molecular weight is 265 g/mol. The summed E-state index contributed by atoms with van der Waals surface area (Å²) in [5.41, 5.74) is 1.79. The van der Waals surface area contributed by atoms with Gasteiger partial charge in [0, 0.05) is 18.3 Å². The molecular formula is C15H23NO3. The summed E-state index contributed by atoms with van der Waals surface area (Å²) < 4.78 is 5.37. The summed E-state index contributed by atoms with van der Waals surface area (Å²) in [5, 5.41) is 8.83. The molecular weight excluding hydrogens is 242 g/mol. The Bertz CT molecular complexity index is 449. The van der Waals surface area contributed by atoms with Crippen molar-refractivity contribution in [2.75, 3.05) is 25.7 Å². The van der Waals surface area contributed by atoms with Gasteiger partial charge >= 0.3 is 0 Å². The summed E-state index contributed by atoms with van der Waals surface area (Å²) >= 11 is 0. The molecule has 0 radical (unpaired) electrons. The first-order valence-corrected chi connectivity index (χ1v) is 6.37. The molecule has 0 unspecified atom stereocenters. The Labute approximate surface area is 115 Å². The Morgan fingerprint density at radius 2 is 2.00 bits per heavy atom. The Morgan fingerprint density at radius 3 is 2.47 bits per heavy atom. The number of aliphatic hydroxyl groups excluding tert-OH is 1. The molecule has 0 saturated carbocycles. The molecule has 0 saturated heterocycles. The van der Waals surface area contributed by atoms with Gasteiger partial charge in [0.15, 0.2) is 0 Å². The van der Waals surface area contributed by atoms with Crippen molar-refractivity contribution >= 4 is 11.6 Å². The van der Waals surface area contributed by atoms with Crippen LogP contribution in [0.2, 0.25) is 0 Å². The maximum absolute atomic E-state index is 11.8. The van der Waals surface area contributed by atoms with E-state index in [0.717, 1.165) is 17.0 Å². The van der Waals surface area contributed by atoms with Crippen molar-refractivity contribution in [2.24, 2.45) is 0 Å². The number of anilines is 1. The minimum atomic E-state index is -0.133. The predicted octanol–water partition coefficient (Wildman–Crippen LogP) is 2.34. The highest BCUT2D eigenvalue weighted by Gasteiger charge is 2.21. The van der Waals surface area contributed by atoms with E-state index in [1.807, 2.05) is 18.2 Å². The minimum absolute atomic E-state index is 0.0672. The molecule has 0 bridgehead atoms. The molecule has 0 heterocycles. The van der Waals surface area contributed by atoms with E-state index >= 15 is 0 Å². The molecule has 0 aliphatic carbocycles. The Balaban J connectivity index is 3.15. The predicted molar refractivity (Wildman–Crippen MR) is 76.8 cm³/mol. The number of carbonyl (C=O) groups is 1. The standard InChI is InChI=1S/C15H23NO3/c1-15(2,3)12-10-11(6-7-13(12)19-5)16(4)14(18)8-9-17/h6-7,10,17H,8-9H2,1-5H3. The zero-order chi connectivity index (χ0) is 14.6. The van der Waals surface area contributed by atoms with Crippen LogP contribution >= 0.6 is 0 Å². The van der Waals surface area contributed by atoms with Crippen LogP contribution in [-0.4, -0.2) is 31.8 Å². The van der Waals surface area contributed by atoms with E-state index in [4.69, 9.17) is 9.84 Å². The van der Waals surface area contributed by atoms with Crippen LogP contribution in [0.4, 0.5) is 5.69 Å². The van der Waals surface area contributed by atoms with Gasteiger partial charge in [0.05, 0.1) is 20.1 Å². The highest BCUT2D eigenvalue weighted by Crippen LogP contribution is 2.34. The summed E-state index contributed by atoms with van der Waals surface area (Å²) in [6.07, 6.45) is 0.132. The Kier molecular flexibility index (Phi) is 4.95. The molecule has 4 heteroatoms. The van der Waals surface area contributed by atoms with Crippen molar-refractivity contribution in [3.63, 3.8) is 0 Å². The zero-order valence-corrected chi connectivity index (χ0v) is 12.4. The topological polar surface area (TPSA) is 49.8 Å². The minimum Gasteiger partial charge on any atom is -0.496 e. The molecule has 0 fully saturated rings. The number of amides is 1. The number of methoxy groups -OCH3 is 1. The maximum atomic E-state index is 11.8. The molecule has 1 aromatic rings. The second kappa shape index (κ2) is 6.06.